The van der Waals surface area contributed by atoms with Gasteiger partial charge in [-0.25, -0.2) is 18.6 Å². The average Bonchev–Trinajstić information content (AvgIpc) is 2.64. The van der Waals surface area contributed by atoms with Crippen LogP contribution in [0.2, 0.25) is 0 Å². The highest BCUT2D eigenvalue weighted by atomic mass is 35.7. The van der Waals surface area contributed by atoms with Crippen LogP contribution in [0.1, 0.15) is 22.7 Å². The van der Waals surface area contributed by atoms with Crippen molar-refractivity contribution in [3.8, 4) is 5.75 Å². The number of hydrogen-bond donors (Lipinski definition) is 0. The quantitative estimate of drug-likeness (QED) is 0.542. The number of hydrogen-bond acceptors (Lipinski definition) is 5. The monoisotopic (exact) mass is 389 g/mol. The maximum absolute atomic E-state index is 8.49. The van der Waals surface area contributed by atoms with E-state index in [2.05, 4.69) is 72.4 Å². The molecule has 142 valence electrons. The van der Waals surface area contributed by atoms with Gasteiger partial charge in [0.1, 0.15) is 5.75 Å². The molecule has 7 heteroatoms. The third-order valence-corrected chi connectivity index (χ3v) is 3.86. The first kappa shape index (κ1) is 20.8. The van der Waals surface area contributed by atoms with E-state index in [1.807, 2.05) is 18.2 Å². The fourth-order valence-corrected chi connectivity index (χ4v) is 2.64. The maximum atomic E-state index is 8.49. The van der Waals surface area contributed by atoms with Crippen LogP contribution < -0.4 is 27.9 Å². The number of aromatic nitrogens is 1. The number of aryl methyl sites for hydroxylation is 1. The predicted molar refractivity (Wildman–Crippen MR) is 88.1 cm³/mol. The van der Waals surface area contributed by atoms with Crippen molar-refractivity contribution in [2.75, 3.05) is 7.11 Å². The molecule has 0 fully saturated rings. The molecule has 0 aliphatic heterocycles. The highest BCUT2D eigenvalue weighted by molar-refractivity contribution is 5.34. The van der Waals surface area contributed by atoms with Crippen LogP contribution in [0, 0.1) is 17.2 Å². The van der Waals surface area contributed by atoms with E-state index in [9.17, 15) is 0 Å². The lowest BCUT2D eigenvalue weighted by molar-refractivity contribution is -2.00. The smallest absolute Gasteiger partial charge is 0.208 e. The van der Waals surface area contributed by atoms with Gasteiger partial charge >= 0.3 is 0 Å². The highest BCUT2D eigenvalue weighted by Gasteiger charge is 2.22. The Hall–Kier alpha value is -2.48. The van der Waals surface area contributed by atoms with Crippen molar-refractivity contribution in [1.82, 2.24) is 0 Å². The first-order valence-electron chi connectivity index (χ1n) is 8.06. The number of rotatable bonds is 4. The summed E-state index contributed by atoms with van der Waals surface area (Å²) in [5.41, 5.74) is 3.76. The second-order valence-corrected chi connectivity index (χ2v) is 6.54. The molecule has 0 bridgehead atoms. The van der Waals surface area contributed by atoms with Gasteiger partial charge in [-0.1, -0.05) is 30.3 Å². The van der Waals surface area contributed by atoms with Gasteiger partial charge < -0.3 is 4.74 Å². The highest BCUT2D eigenvalue weighted by Crippen LogP contribution is 2.23. The minimum Gasteiger partial charge on any atom is -0.497 e. The van der Waals surface area contributed by atoms with Crippen LogP contribution >= 0.6 is 0 Å². The maximum Gasteiger partial charge on any atom is 0.208 e. The number of ether oxygens (including phenoxy) is 1. The fraction of sp³-hybridized carbons (Fsp3) is 0.150. The van der Waals surface area contributed by atoms with Crippen LogP contribution in [-0.2, 0) is 0 Å². The Bertz CT molecular complexity index is 812. The van der Waals surface area contributed by atoms with E-state index in [0.717, 1.165) is 5.75 Å². The average molecular weight is 390 g/mol. The third kappa shape index (κ3) is 6.97. The number of nitrogens with zero attached hydrogens (tertiary/aromatic N) is 1. The second-order valence-electron chi connectivity index (χ2n) is 5.79. The number of halogens is 1. The van der Waals surface area contributed by atoms with E-state index in [1.165, 1.54) is 16.7 Å². The topological polar surface area (TPSA) is 105 Å². The Kier molecular flexibility index (Phi) is 7.29. The lowest BCUT2D eigenvalue weighted by Crippen LogP contribution is -2.68. The fourth-order valence-electron chi connectivity index (χ4n) is 2.64. The Balaban J connectivity index is 0.000000465. The van der Waals surface area contributed by atoms with Crippen molar-refractivity contribution in [3.63, 3.8) is 0 Å². The van der Waals surface area contributed by atoms with Crippen LogP contribution in [0.3, 0.4) is 0 Å². The van der Waals surface area contributed by atoms with Crippen LogP contribution in [-0.4, -0.2) is 7.11 Å². The van der Waals surface area contributed by atoms with Gasteiger partial charge in [-0.2, -0.15) is 4.57 Å². The Morgan fingerprint density at radius 3 is 1.74 bits per heavy atom. The standard InChI is InChI=1S/C20H20NO.ClHO4/c1-16-12-14-21(15-13-16)20(17-6-4-3-5-7-17)18-8-10-19(22-2)11-9-18;2-1(3,4)5/h3-15,20H,1-2H3;(H,2,3,4,5)/q+1;/p-1. The summed E-state index contributed by atoms with van der Waals surface area (Å²) in [6.07, 6.45) is 4.27. The van der Waals surface area contributed by atoms with E-state index < -0.39 is 10.2 Å². The molecule has 0 aliphatic rings. The molecule has 1 atom stereocenters. The van der Waals surface area contributed by atoms with Crippen LogP contribution in [0.5, 0.6) is 5.75 Å². The Morgan fingerprint density at radius 1 is 0.778 bits per heavy atom. The zero-order valence-electron chi connectivity index (χ0n) is 14.9. The first-order valence-corrected chi connectivity index (χ1v) is 9.29. The van der Waals surface area contributed by atoms with Gasteiger partial charge in [-0.05, 0) is 36.8 Å². The number of pyridine rings is 1. The molecule has 0 saturated carbocycles. The molecule has 1 aromatic heterocycles. The van der Waals surface area contributed by atoms with Crippen molar-refractivity contribution in [3.05, 3.63) is 95.8 Å². The number of benzene rings is 2. The van der Waals surface area contributed by atoms with Crippen LogP contribution in [0.25, 0.3) is 0 Å². The lowest BCUT2D eigenvalue weighted by Gasteiger charge is -2.17. The van der Waals surface area contributed by atoms with Crippen molar-refractivity contribution < 1.29 is 38.2 Å². The molecule has 0 N–H and O–H groups in total. The molecule has 1 heterocycles. The molecule has 6 nitrogen and oxygen atoms in total. The predicted octanol–water partition coefficient (Wildman–Crippen LogP) is -0.827. The summed E-state index contributed by atoms with van der Waals surface area (Å²) < 4.78 is 41.5. The molecule has 27 heavy (non-hydrogen) atoms. The van der Waals surface area contributed by atoms with Gasteiger partial charge in [0.15, 0.2) is 12.4 Å². The van der Waals surface area contributed by atoms with E-state index >= 15 is 0 Å². The summed E-state index contributed by atoms with van der Waals surface area (Å²) in [5.74, 6) is 0.879. The second kappa shape index (κ2) is 9.45. The summed E-state index contributed by atoms with van der Waals surface area (Å²) in [6, 6.07) is 23.3. The summed E-state index contributed by atoms with van der Waals surface area (Å²) >= 11 is 0. The van der Waals surface area contributed by atoms with E-state index in [-0.39, 0.29) is 6.04 Å². The first-order chi connectivity index (χ1) is 12.8. The van der Waals surface area contributed by atoms with E-state index in [4.69, 9.17) is 23.4 Å². The van der Waals surface area contributed by atoms with Gasteiger partial charge in [0.05, 0.1) is 7.11 Å². The van der Waals surface area contributed by atoms with E-state index in [1.54, 1.807) is 7.11 Å². The molecular weight excluding hydrogens is 370 g/mol. The van der Waals surface area contributed by atoms with Crippen LogP contribution in [0.4, 0.5) is 0 Å². The molecule has 2 aromatic carbocycles. The normalized spacial score (nSPS) is 11.9. The molecule has 0 saturated heterocycles. The summed E-state index contributed by atoms with van der Waals surface area (Å²) in [4.78, 5) is 0. The molecule has 0 spiro atoms. The minimum absolute atomic E-state index is 0.160. The van der Waals surface area contributed by atoms with Crippen molar-refractivity contribution >= 4 is 0 Å². The number of methoxy groups -OCH3 is 1. The van der Waals surface area contributed by atoms with Gasteiger partial charge in [0, 0.05) is 23.3 Å². The van der Waals surface area contributed by atoms with Crippen molar-refractivity contribution in [2.45, 2.75) is 13.0 Å². The van der Waals surface area contributed by atoms with Crippen molar-refractivity contribution in [2.24, 2.45) is 0 Å². The summed E-state index contributed by atoms with van der Waals surface area (Å²) in [6.45, 7) is 2.11. The van der Waals surface area contributed by atoms with Crippen LogP contribution in [0.15, 0.2) is 79.1 Å². The molecule has 3 aromatic rings. The third-order valence-electron chi connectivity index (χ3n) is 3.86. The Morgan fingerprint density at radius 2 is 1.26 bits per heavy atom. The molecular formula is C20H20ClNO5. The molecule has 3 rings (SSSR count). The zero-order valence-corrected chi connectivity index (χ0v) is 15.7. The molecule has 0 aliphatic carbocycles. The minimum atomic E-state index is -4.94. The van der Waals surface area contributed by atoms with Gasteiger partial charge in [0.2, 0.25) is 6.04 Å². The van der Waals surface area contributed by atoms with Crippen molar-refractivity contribution in [1.29, 1.82) is 0 Å². The van der Waals surface area contributed by atoms with Gasteiger partial charge in [0.25, 0.3) is 0 Å². The lowest BCUT2D eigenvalue weighted by atomic mass is 9.98. The van der Waals surface area contributed by atoms with E-state index in [0.29, 0.717) is 0 Å². The molecule has 0 radical (unpaired) electrons. The Labute approximate surface area is 160 Å². The largest absolute Gasteiger partial charge is 0.497 e. The van der Waals surface area contributed by atoms with Gasteiger partial charge in [-0.15, -0.1) is 10.2 Å². The molecule has 1 unspecified atom stereocenters. The summed E-state index contributed by atoms with van der Waals surface area (Å²) in [5, 5.41) is 0. The van der Waals surface area contributed by atoms with Gasteiger partial charge in [-0.3, -0.25) is 0 Å². The SMILES string of the molecule is COc1ccc(C(c2ccccc2)[n+]2ccc(C)cc2)cc1.[O-][Cl+3]([O-])([O-])[O-]. The molecule has 0 amide bonds. The summed E-state index contributed by atoms with van der Waals surface area (Å²) in [7, 11) is -3.25. The zero-order chi connectivity index (χ0) is 19.9.